The molecule has 1 aromatic heterocycles. The molecule has 7 heteroatoms. The van der Waals surface area contributed by atoms with Crippen LogP contribution in [0.25, 0.3) is 0 Å². The lowest BCUT2D eigenvalue weighted by atomic mass is 10.0. The largest absolute Gasteiger partial charge is 0.379 e. The number of nitrogens with zero attached hydrogens (tertiary/aromatic N) is 3. The van der Waals surface area contributed by atoms with E-state index in [1.165, 1.54) is 6.07 Å². The Morgan fingerprint density at radius 2 is 2.07 bits per heavy atom. The highest BCUT2D eigenvalue weighted by Crippen LogP contribution is 2.23. The van der Waals surface area contributed by atoms with E-state index in [9.17, 15) is 4.39 Å². The Hall–Kier alpha value is -2.51. The molecule has 2 aromatic rings. The number of pyridine rings is 1. The molecule has 0 spiro atoms. The van der Waals surface area contributed by atoms with Gasteiger partial charge in [-0.1, -0.05) is 18.2 Å². The smallest absolute Gasteiger partial charge is 0.191 e. The lowest BCUT2D eigenvalue weighted by Gasteiger charge is -2.34. The maximum Gasteiger partial charge on any atom is 0.191 e. The van der Waals surface area contributed by atoms with Crippen LogP contribution in [0.5, 0.6) is 0 Å². The molecule has 29 heavy (non-hydrogen) atoms. The van der Waals surface area contributed by atoms with Crippen LogP contribution in [-0.2, 0) is 11.2 Å². The van der Waals surface area contributed by atoms with Crippen LogP contribution in [0, 0.1) is 5.82 Å². The molecule has 6 nitrogen and oxygen atoms in total. The molecular weight excluding hydrogens is 369 g/mol. The second-order valence-electron chi connectivity index (χ2n) is 6.94. The molecule has 0 bridgehead atoms. The van der Waals surface area contributed by atoms with Gasteiger partial charge >= 0.3 is 0 Å². The molecule has 0 radical (unpaired) electrons. The second-order valence-corrected chi connectivity index (χ2v) is 6.94. The van der Waals surface area contributed by atoms with Gasteiger partial charge in [-0.25, -0.2) is 4.39 Å². The molecule has 1 unspecified atom stereocenters. The van der Waals surface area contributed by atoms with Gasteiger partial charge in [0.25, 0.3) is 0 Å². The maximum atomic E-state index is 13.8. The molecule has 1 atom stereocenters. The van der Waals surface area contributed by atoms with Gasteiger partial charge in [-0.3, -0.25) is 14.9 Å². The standard InChI is InChI=1S/C22H30FN5O/c1-2-24-22(26-11-9-20-8-3-4-10-25-20)27-17-21(28-12-14-29-15-13-28)18-6-5-7-19(23)16-18/h3-8,10,16,21H,2,9,11-15,17H2,1H3,(H2,24,26,27). The number of nitrogens with one attached hydrogen (secondary N) is 2. The number of hydrogen-bond acceptors (Lipinski definition) is 4. The van der Waals surface area contributed by atoms with Crippen LogP contribution in [0.15, 0.2) is 53.7 Å². The molecule has 2 heterocycles. The lowest BCUT2D eigenvalue weighted by Crippen LogP contribution is -2.42. The van der Waals surface area contributed by atoms with Crippen LogP contribution in [-0.4, -0.2) is 61.8 Å². The summed E-state index contributed by atoms with van der Waals surface area (Å²) < 4.78 is 19.3. The third-order valence-electron chi connectivity index (χ3n) is 4.89. The van der Waals surface area contributed by atoms with Gasteiger partial charge in [-0.15, -0.1) is 0 Å². The highest BCUT2D eigenvalue weighted by molar-refractivity contribution is 5.79. The summed E-state index contributed by atoms with van der Waals surface area (Å²) in [7, 11) is 0. The molecule has 1 aliphatic heterocycles. The zero-order valence-corrected chi connectivity index (χ0v) is 17.0. The Morgan fingerprint density at radius 3 is 2.79 bits per heavy atom. The van der Waals surface area contributed by atoms with Gasteiger partial charge in [0, 0.05) is 44.5 Å². The molecule has 0 aliphatic carbocycles. The van der Waals surface area contributed by atoms with Crippen molar-refractivity contribution in [1.82, 2.24) is 20.5 Å². The fraction of sp³-hybridized carbons (Fsp3) is 0.455. The van der Waals surface area contributed by atoms with E-state index in [1.54, 1.807) is 18.3 Å². The summed E-state index contributed by atoms with van der Waals surface area (Å²) in [5.74, 6) is 0.545. The lowest BCUT2D eigenvalue weighted by molar-refractivity contribution is 0.0179. The minimum absolute atomic E-state index is 0.0147. The molecule has 2 N–H and O–H groups in total. The second kappa shape index (κ2) is 11.5. The van der Waals surface area contributed by atoms with E-state index in [-0.39, 0.29) is 11.9 Å². The fourth-order valence-electron chi connectivity index (χ4n) is 3.41. The van der Waals surface area contributed by atoms with E-state index in [0.29, 0.717) is 19.8 Å². The van der Waals surface area contributed by atoms with E-state index in [2.05, 4.69) is 20.5 Å². The summed E-state index contributed by atoms with van der Waals surface area (Å²) in [6.07, 6.45) is 2.63. The molecule has 3 rings (SSSR count). The highest BCUT2D eigenvalue weighted by Gasteiger charge is 2.23. The molecular formula is C22H30FN5O. The van der Waals surface area contributed by atoms with Crippen LogP contribution in [0.1, 0.15) is 24.2 Å². The Balaban J connectivity index is 1.66. The first-order chi connectivity index (χ1) is 14.3. The number of rotatable bonds is 8. The summed E-state index contributed by atoms with van der Waals surface area (Å²) in [6, 6.07) is 12.8. The molecule has 156 valence electrons. The first-order valence-corrected chi connectivity index (χ1v) is 10.3. The van der Waals surface area contributed by atoms with Crippen molar-refractivity contribution in [2.24, 2.45) is 4.99 Å². The zero-order chi connectivity index (χ0) is 20.3. The van der Waals surface area contributed by atoms with Crippen molar-refractivity contribution < 1.29 is 9.13 Å². The summed E-state index contributed by atoms with van der Waals surface area (Å²) >= 11 is 0. The quantitative estimate of drug-likeness (QED) is 0.527. The molecule has 0 amide bonds. The highest BCUT2D eigenvalue weighted by atomic mass is 19.1. The Morgan fingerprint density at radius 1 is 1.21 bits per heavy atom. The normalized spacial score (nSPS) is 16.4. The SMILES string of the molecule is CCNC(=NCC(c1cccc(F)c1)N1CCOCC1)NCCc1ccccn1. The zero-order valence-electron chi connectivity index (χ0n) is 17.0. The Labute approximate surface area is 172 Å². The number of hydrogen-bond donors (Lipinski definition) is 2. The van der Waals surface area contributed by atoms with Crippen molar-refractivity contribution in [2.75, 3.05) is 45.9 Å². The average Bonchev–Trinajstić information content (AvgIpc) is 2.75. The van der Waals surface area contributed by atoms with Crippen LogP contribution in [0.2, 0.25) is 0 Å². The summed E-state index contributed by atoms with van der Waals surface area (Å²) in [6.45, 7) is 7.13. The van der Waals surface area contributed by atoms with E-state index in [1.807, 2.05) is 31.2 Å². The van der Waals surface area contributed by atoms with Crippen LogP contribution in [0.3, 0.4) is 0 Å². The van der Waals surface area contributed by atoms with Gasteiger partial charge in [0.1, 0.15) is 5.82 Å². The number of aliphatic imine (C=N–C) groups is 1. The van der Waals surface area contributed by atoms with E-state index >= 15 is 0 Å². The minimum Gasteiger partial charge on any atom is -0.379 e. The predicted octanol–water partition coefficient (Wildman–Crippen LogP) is 2.39. The number of ether oxygens (including phenoxy) is 1. The molecule has 0 saturated carbocycles. The third kappa shape index (κ3) is 6.80. The van der Waals surface area contributed by atoms with Crippen molar-refractivity contribution in [3.8, 4) is 0 Å². The third-order valence-corrected chi connectivity index (χ3v) is 4.89. The van der Waals surface area contributed by atoms with Gasteiger partial charge in [-0.2, -0.15) is 0 Å². The van der Waals surface area contributed by atoms with E-state index < -0.39 is 0 Å². The summed E-state index contributed by atoms with van der Waals surface area (Å²) in [5.41, 5.74) is 1.99. The molecule has 1 aromatic carbocycles. The predicted molar refractivity (Wildman–Crippen MR) is 113 cm³/mol. The topological polar surface area (TPSA) is 61.8 Å². The van der Waals surface area contributed by atoms with Gasteiger partial charge < -0.3 is 15.4 Å². The minimum atomic E-state index is -0.217. The molecule has 1 saturated heterocycles. The number of halogens is 1. The van der Waals surface area contributed by atoms with Gasteiger partial charge in [0.15, 0.2) is 5.96 Å². The van der Waals surface area contributed by atoms with Crippen molar-refractivity contribution in [3.63, 3.8) is 0 Å². The van der Waals surface area contributed by atoms with Crippen LogP contribution >= 0.6 is 0 Å². The number of guanidine groups is 1. The van der Waals surface area contributed by atoms with Crippen LogP contribution < -0.4 is 10.6 Å². The van der Waals surface area contributed by atoms with Crippen molar-refractivity contribution in [3.05, 3.63) is 65.7 Å². The average molecular weight is 400 g/mol. The number of morpholine rings is 1. The number of benzene rings is 1. The van der Waals surface area contributed by atoms with Crippen LogP contribution in [0.4, 0.5) is 4.39 Å². The first-order valence-electron chi connectivity index (χ1n) is 10.3. The summed E-state index contributed by atoms with van der Waals surface area (Å²) in [4.78, 5) is 11.5. The monoisotopic (exact) mass is 399 g/mol. The maximum absolute atomic E-state index is 13.8. The van der Waals surface area contributed by atoms with E-state index in [0.717, 1.165) is 49.8 Å². The van der Waals surface area contributed by atoms with Crippen molar-refractivity contribution in [1.29, 1.82) is 0 Å². The fourth-order valence-corrected chi connectivity index (χ4v) is 3.41. The van der Waals surface area contributed by atoms with E-state index in [4.69, 9.17) is 9.73 Å². The molecule has 1 fully saturated rings. The summed E-state index contributed by atoms with van der Waals surface area (Å²) in [5, 5.41) is 6.66. The van der Waals surface area contributed by atoms with Crippen molar-refractivity contribution in [2.45, 2.75) is 19.4 Å². The Kier molecular flexibility index (Phi) is 8.40. The van der Waals surface area contributed by atoms with Gasteiger partial charge in [0.05, 0.1) is 25.8 Å². The van der Waals surface area contributed by atoms with Gasteiger partial charge in [-0.05, 0) is 36.8 Å². The van der Waals surface area contributed by atoms with Gasteiger partial charge in [0.2, 0.25) is 0 Å². The van der Waals surface area contributed by atoms with Crippen molar-refractivity contribution >= 4 is 5.96 Å². The number of aromatic nitrogens is 1. The molecule has 1 aliphatic rings. The first kappa shape index (κ1) is 21.2. The Bertz CT molecular complexity index is 765.